The van der Waals surface area contributed by atoms with Gasteiger partial charge in [0.1, 0.15) is 11.5 Å². The highest BCUT2D eigenvalue weighted by atomic mass is 16.5. The Morgan fingerprint density at radius 1 is 0.413 bits per heavy atom. The van der Waals surface area contributed by atoms with Crippen molar-refractivity contribution in [3.8, 4) is 56.0 Å². The molecule has 0 saturated heterocycles. The number of hydrogen-bond donors (Lipinski definition) is 0. The molecule has 0 amide bonds. The van der Waals surface area contributed by atoms with Gasteiger partial charge in [-0.1, -0.05) is 135 Å². The molecule has 1 aliphatic heterocycles. The van der Waals surface area contributed by atoms with Crippen LogP contribution < -0.4 is 4.74 Å². The molecular weight excluding hydrogens is 556 g/mol. The maximum atomic E-state index is 6.62. The summed E-state index contributed by atoms with van der Waals surface area (Å²) in [7, 11) is 0. The van der Waals surface area contributed by atoms with Crippen molar-refractivity contribution in [1.29, 1.82) is 0 Å². The van der Waals surface area contributed by atoms with Crippen LogP contribution in [0.25, 0.3) is 76.8 Å². The molecule has 1 aliphatic carbocycles. The minimum absolute atomic E-state index is 0.0560. The van der Waals surface area contributed by atoms with Gasteiger partial charge in [-0.25, -0.2) is 0 Å². The lowest BCUT2D eigenvalue weighted by atomic mass is 9.80. The largest absolute Gasteiger partial charge is 0.456 e. The maximum Gasteiger partial charge on any atom is 0.135 e. The Kier molecular flexibility index (Phi) is 5.12. The quantitative estimate of drug-likeness (QED) is 0.183. The molecule has 0 atom stereocenters. The van der Waals surface area contributed by atoms with Gasteiger partial charge in [0.15, 0.2) is 0 Å². The fourth-order valence-electron chi connectivity index (χ4n) is 8.33. The highest BCUT2D eigenvalue weighted by Gasteiger charge is 2.35. The Morgan fingerprint density at radius 2 is 0.957 bits per heavy atom. The van der Waals surface area contributed by atoms with Crippen LogP contribution in [-0.4, -0.2) is 0 Å². The fourth-order valence-corrected chi connectivity index (χ4v) is 8.33. The van der Waals surface area contributed by atoms with Crippen LogP contribution in [0.1, 0.15) is 25.0 Å². The Bertz CT molecular complexity index is 2520. The van der Waals surface area contributed by atoms with Crippen LogP contribution in [0.15, 0.2) is 146 Å². The van der Waals surface area contributed by atoms with E-state index in [2.05, 4.69) is 159 Å². The first-order chi connectivity index (χ1) is 22.6. The van der Waals surface area contributed by atoms with Crippen LogP contribution in [0.5, 0.6) is 11.5 Å². The predicted octanol–water partition coefficient (Wildman–Crippen LogP) is 12.6. The Balaban J connectivity index is 1.21. The molecule has 0 radical (unpaired) electrons. The zero-order valence-electron chi connectivity index (χ0n) is 25.8. The van der Waals surface area contributed by atoms with Gasteiger partial charge in [-0.15, -0.1) is 0 Å². The first-order valence-corrected chi connectivity index (χ1v) is 16.1. The molecule has 0 fully saturated rings. The van der Waals surface area contributed by atoms with E-state index in [9.17, 15) is 0 Å². The molecule has 46 heavy (non-hydrogen) atoms. The molecule has 216 valence electrons. The highest BCUT2D eigenvalue weighted by molar-refractivity contribution is 6.21. The summed E-state index contributed by atoms with van der Waals surface area (Å²) in [6, 6.07) is 53.4. The van der Waals surface area contributed by atoms with E-state index < -0.39 is 0 Å². The first-order valence-electron chi connectivity index (χ1n) is 16.1. The maximum absolute atomic E-state index is 6.62. The lowest BCUT2D eigenvalue weighted by molar-refractivity contribution is 0.487. The minimum Gasteiger partial charge on any atom is -0.456 e. The zero-order chi connectivity index (χ0) is 30.6. The third-order valence-electron chi connectivity index (χ3n) is 10.5. The van der Waals surface area contributed by atoms with Crippen molar-refractivity contribution in [2.24, 2.45) is 0 Å². The highest BCUT2D eigenvalue weighted by Crippen LogP contribution is 2.52. The van der Waals surface area contributed by atoms with E-state index in [1.807, 2.05) is 0 Å². The minimum atomic E-state index is -0.0560. The molecule has 0 aromatic heterocycles. The van der Waals surface area contributed by atoms with Crippen molar-refractivity contribution in [3.05, 3.63) is 157 Å². The molecule has 0 bridgehead atoms. The number of benzene rings is 8. The second-order valence-corrected chi connectivity index (χ2v) is 13.2. The second-order valence-electron chi connectivity index (χ2n) is 13.2. The van der Waals surface area contributed by atoms with Gasteiger partial charge in [-0.3, -0.25) is 0 Å². The monoisotopic (exact) mass is 586 g/mol. The topological polar surface area (TPSA) is 9.23 Å². The van der Waals surface area contributed by atoms with Crippen molar-refractivity contribution in [1.82, 2.24) is 0 Å². The van der Waals surface area contributed by atoms with E-state index >= 15 is 0 Å². The van der Waals surface area contributed by atoms with Crippen molar-refractivity contribution in [2.45, 2.75) is 19.3 Å². The van der Waals surface area contributed by atoms with Crippen molar-refractivity contribution in [3.63, 3.8) is 0 Å². The van der Waals surface area contributed by atoms with Gasteiger partial charge in [0.05, 0.1) is 0 Å². The second kappa shape index (κ2) is 9.19. The van der Waals surface area contributed by atoms with Gasteiger partial charge in [0.2, 0.25) is 0 Å². The third-order valence-corrected chi connectivity index (χ3v) is 10.5. The molecule has 0 saturated carbocycles. The van der Waals surface area contributed by atoms with Crippen LogP contribution in [0.2, 0.25) is 0 Å². The van der Waals surface area contributed by atoms with E-state index in [-0.39, 0.29) is 5.41 Å². The summed E-state index contributed by atoms with van der Waals surface area (Å²) in [4.78, 5) is 0. The number of fused-ring (bicyclic) bond motifs is 7. The molecule has 8 aromatic carbocycles. The Labute approximate surface area is 268 Å². The number of rotatable bonds is 2. The average molecular weight is 587 g/mol. The third kappa shape index (κ3) is 3.40. The SMILES string of the molecule is CC1(C)c2ccccc2-c2ccc(-c3c4ccccc4c(-c4ccc5c(c4)Oc4cccc6cccc-5c46)c4ccccc34)cc21. The van der Waals surface area contributed by atoms with E-state index in [0.717, 1.165) is 22.6 Å². The van der Waals surface area contributed by atoms with Gasteiger partial charge in [0.25, 0.3) is 0 Å². The van der Waals surface area contributed by atoms with Crippen LogP contribution in [0.3, 0.4) is 0 Å². The van der Waals surface area contributed by atoms with E-state index in [4.69, 9.17) is 4.74 Å². The van der Waals surface area contributed by atoms with Crippen molar-refractivity contribution in [2.75, 3.05) is 0 Å². The van der Waals surface area contributed by atoms with Crippen molar-refractivity contribution < 1.29 is 4.74 Å². The molecule has 8 aromatic rings. The number of ether oxygens (including phenoxy) is 1. The fraction of sp³-hybridized carbons (Fsp3) is 0.0667. The lowest BCUT2D eigenvalue weighted by Crippen LogP contribution is -2.14. The predicted molar refractivity (Wildman–Crippen MR) is 193 cm³/mol. The van der Waals surface area contributed by atoms with Gasteiger partial charge in [-0.05, 0) is 101 Å². The van der Waals surface area contributed by atoms with Gasteiger partial charge < -0.3 is 4.74 Å². The Morgan fingerprint density at radius 3 is 1.65 bits per heavy atom. The summed E-state index contributed by atoms with van der Waals surface area (Å²) in [5, 5.41) is 7.41. The molecular formula is C45H30O. The van der Waals surface area contributed by atoms with Gasteiger partial charge in [0, 0.05) is 16.4 Å². The summed E-state index contributed by atoms with van der Waals surface area (Å²) in [6.45, 7) is 4.72. The summed E-state index contributed by atoms with van der Waals surface area (Å²) in [5.41, 5.74) is 12.8. The molecule has 0 unspecified atom stereocenters. The van der Waals surface area contributed by atoms with E-state index in [1.165, 1.54) is 76.8 Å². The molecule has 2 aliphatic rings. The normalized spacial score (nSPS) is 13.8. The summed E-state index contributed by atoms with van der Waals surface area (Å²) < 4.78 is 6.62. The first kappa shape index (κ1) is 25.6. The number of hydrogen-bond acceptors (Lipinski definition) is 1. The van der Waals surface area contributed by atoms with Gasteiger partial charge >= 0.3 is 0 Å². The average Bonchev–Trinajstić information content (AvgIpc) is 3.33. The van der Waals surface area contributed by atoms with Crippen LogP contribution in [0.4, 0.5) is 0 Å². The molecule has 0 spiro atoms. The lowest BCUT2D eigenvalue weighted by Gasteiger charge is -2.24. The summed E-state index contributed by atoms with van der Waals surface area (Å²) in [5.74, 6) is 1.82. The molecule has 0 N–H and O–H groups in total. The summed E-state index contributed by atoms with van der Waals surface area (Å²) in [6.07, 6.45) is 0. The van der Waals surface area contributed by atoms with E-state index in [0.29, 0.717) is 0 Å². The molecule has 1 nitrogen and oxygen atoms in total. The van der Waals surface area contributed by atoms with Crippen molar-refractivity contribution >= 4 is 32.3 Å². The van der Waals surface area contributed by atoms with Gasteiger partial charge in [-0.2, -0.15) is 0 Å². The molecule has 1 heteroatoms. The zero-order valence-corrected chi connectivity index (χ0v) is 25.8. The van der Waals surface area contributed by atoms with Crippen LogP contribution >= 0.6 is 0 Å². The summed E-state index contributed by atoms with van der Waals surface area (Å²) >= 11 is 0. The smallest absolute Gasteiger partial charge is 0.135 e. The molecule has 1 heterocycles. The Hall–Kier alpha value is -5.66. The molecule has 10 rings (SSSR count). The standard InChI is InChI=1S/C45H30O/c1-45(2)38-19-8-7-13-30(38)31-23-21-28(25-39(31)45)42-34-14-3-5-16-36(34)43(37-17-6-4-15-35(37)42)29-22-24-32-33-18-9-11-27-12-10-20-40(44(27)33)46-41(32)26-29/h3-26H,1-2H3. The van der Waals surface area contributed by atoms with Crippen LogP contribution in [-0.2, 0) is 5.41 Å². The van der Waals surface area contributed by atoms with Crippen LogP contribution in [0, 0.1) is 0 Å². The van der Waals surface area contributed by atoms with E-state index in [1.54, 1.807) is 0 Å².